The minimum Gasteiger partial charge on any atom is -0.479 e. The predicted molar refractivity (Wildman–Crippen MR) is 110 cm³/mol. The second kappa shape index (κ2) is 9.09. The molecule has 156 valence electrons. The summed E-state index contributed by atoms with van der Waals surface area (Å²) >= 11 is 0. The van der Waals surface area contributed by atoms with Crippen molar-refractivity contribution in [3.05, 3.63) is 46.6 Å². The van der Waals surface area contributed by atoms with Crippen LogP contribution in [0.25, 0.3) is 0 Å². The van der Waals surface area contributed by atoms with Gasteiger partial charge in [0.1, 0.15) is 5.56 Å². The molecule has 1 aromatic carbocycles. The van der Waals surface area contributed by atoms with Gasteiger partial charge in [-0.05, 0) is 26.0 Å². The zero-order chi connectivity index (χ0) is 21.0. The lowest BCUT2D eigenvalue weighted by molar-refractivity contribution is 0.0634. The van der Waals surface area contributed by atoms with Crippen LogP contribution in [0, 0.1) is 13.8 Å². The van der Waals surface area contributed by atoms with Crippen LogP contribution >= 0.6 is 0 Å². The van der Waals surface area contributed by atoms with E-state index in [1.807, 2.05) is 30.9 Å². The molecule has 8 heteroatoms. The summed E-state index contributed by atoms with van der Waals surface area (Å²) in [6.45, 7) is 8.15. The molecule has 2 amide bonds. The topological polar surface area (TPSA) is 79.7 Å². The summed E-state index contributed by atoms with van der Waals surface area (Å²) in [7, 11) is 3.28. The Balaban J connectivity index is 1.45. The molecule has 1 N–H and O–H groups in total. The lowest BCUT2D eigenvalue weighted by Crippen LogP contribution is -2.50. The molecule has 0 spiro atoms. The van der Waals surface area contributed by atoms with Crippen LogP contribution in [0.5, 0.6) is 5.88 Å². The SMILES string of the molecule is COc1nn(C)cc1C(=O)N1CCN(CCNC(=O)c2cc(C)cc(C)c2)CC1. The standard InChI is InChI=1S/C21H29N5O3/c1-15-11-16(2)13-17(12-15)19(27)22-5-6-25-7-9-26(10-8-25)21(28)18-14-24(3)23-20(18)29-4/h11-14H,5-10H2,1-4H3,(H,22,27). The van der Waals surface area contributed by atoms with Crippen LogP contribution < -0.4 is 10.1 Å². The van der Waals surface area contributed by atoms with Crippen molar-refractivity contribution in [2.75, 3.05) is 46.4 Å². The van der Waals surface area contributed by atoms with E-state index < -0.39 is 0 Å². The number of hydrogen-bond donors (Lipinski definition) is 1. The number of aryl methyl sites for hydroxylation is 3. The second-order valence-corrected chi connectivity index (χ2v) is 7.49. The third-order valence-corrected chi connectivity index (χ3v) is 5.08. The normalized spacial score (nSPS) is 14.7. The van der Waals surface area contributed by atoms with Crippen molar-refractivity contribution in [3.63, 3.8) is 0 Å². The van der Waals surface area contributed by atoms with Gasteiger partial charge in [-0.3, -0.25) is 19.2 Å². The Morgan fingerprint density at radius 1 is 1.10 bits per heavy atom. The van der Waals surface area contributed by atoms with E-state index in [2.05, 4.69) is 21.4 Å². The number of nitrogens with zero attached hydrogens (tertiary/aromatic N) is 4. The van der Waals surface area contributed by atoms with E-state index in [-0.39, 0.29) is 11.8 Å². The highest BCUT2D eigenvalue weighted by molar-refractivity contribution is 5.96. The Labute approximate surface area is 171 Å². The number of nitrogens with one attached hydrogen (secondary N) is 1. The molecule has 0 radical (unpaired) electrons. The summed E-state index contributed by atoms with van der Waals surface area (Å²) < 4.78 is 6.78. The summed E-state index contributed by atoms with van der Waals surface area (Å²) in [4.78, 5) is 29.2. The van der Waals surface area contributed by atoms with Gasteiger partial charge in [0.15, 0.2) is 0 Å². The van der Waals surface area contributed by atoms with Crippen molar-refractivity contribution in [2.45, 2.75) is 13.8 Å². The quantitative estimate of drug-likeness (QED) is 0.791. The van der Waals surface area contributed by atoms with E-state index in [0.29, 0.717) is 36.6 Å². The Morgan fingerprint density at radius 3 is 2.38 bits per heavy atom. The maximum Gasteiger partial charge on any atom is 0.261 e. The van der Waals surface area contributed by atoms with Crippen LogP contribution in [-0.2, 0) is 7.05 Å². The first-order valence-electron chi connectivity index (χ1n) is 9.83. The van der Waals surface area contributed by atoms with Gasteiger partial charge in [0.05, 0.1) is 7.11 Å². The van der Waals surface area contributed by atoms with Crippen LogP contribution in [0.15, 0.2) is 24.4 Å². The number of rotatable bonds is 6. The fourth-order valence-corrected chi connectivity index (χ4v) is 3.65. The van der Waals surface area contributed by atoms with Crippen molar-refractivity contribution >= 4 is 11.8 Å². The molecular formula is C21H29N5O3. The molecule has 2 heterocycles. The molecule has 1 fully saturated rings. The lowest BCUT2D eigenvalue weighted by atomic mass is 10.1. The van der Waals surface area contributed by atoms with Crippen molar-refractivity contribution in [1.82, 2.24) is 24.9 Å². The van der Waals surface area contributed by atoms with E-state index in [1.165, 1.54) is 7.11 Å². The maximum absolute atomic E-state index is 12.7. The molecule has 1 saturated heterocycles. The summed E-state index contributed by atoms with van der Waals surface area (Å²) in [6.07, 6.45) is 1.69. The highest BCUT2D eigenvalue weighted by Gasteiger charge is 2.26. The zero-order valence-electron chi connectivity index (χ0n) is 17.6. The summed E-state index contributed by atoms with van der Waals surface area (Å²) in [6, 6.07) is 5.86. The highest BCUT2D eigenvalue weighted by atomic mass is 16.5. The first-order valence-corrected chi connectivity index (χ1v) is 9.83. The van der Waals surface area contributed by atoms with Crippen molar-refractivity contribution in [2.24, 2.45) is 7.05 Å². The van der Waals surface area contributed by atoms with Gasteiger partial charge in [-0.15, -0.1) is 5.10 Å². The number of methoxy groups -OCH3 is 1. The smallest absolute Gasteiger partial charge is 0.261 e. The van der Waals surface area contributed by atoms with Gasteiger partial charge in [-0.2, -0.15) is 0 Å². The Morgan fingerprint density at radius 2 is 1.76 bits per heavy atom. The van der Waals surface area contributed by atoms with Gasteiger partial charge in [-0.25, -0.2) is 0 Å². The van der Waals surface area contributed by atoms with E-state index >= 15 is 0 Å². The number of carbonyl (C=O) groups is 2. The Kier molecular flexibility index (Phi) is 6.53. The molecule has 8 nitrogen and oxygen atoms in total. The number of piperazine rings is 1. The first-order chi connectivity index (χ1) is 13.9. The molecule has 29 heavy (non-hydrogen) atoms. The van der Waals surface area contributed by atoms with Gasteiger partial charge >= 0.3 is 0 Å². The molecule has 1 aromatic heterocycles. The van der Waals surface area contributed by atoms with Crippen LogP contribution in [0.3, 0.4) is 0 Å². The fraction of sp³-hybridized carbons (Fsp3) is 0.476. The number of carbonyl (C=O) groups excluding carboxylic acids is 2. The third-order valence-electron chi connectivity index (χ3n) is 5.08. The number of aromatic nitrogens is 2. The number of benzene rings is 1. The van der Waals surface area contributed by atoms with Gasteiger partial charge < -0.3 is 15.0 Å². The number of hydrogen-bond acceptors (Lipinski definition) is 5. The molecule has 0 atom stereocenters. The second-order valence-electron chi connectivity index (χ2n) is 7.49. The van der Waals surface area contributed by atoms with Crippen molar-refractivity contribution in [1.29, 1.82) is 0 Å². The third kappa shape index (κ3) is 5.14. The van der Waals surface area contributed by atoms with E-state index in [4.69, 9.17) is 4.74 Å². The largest absolute Gasteiger partial charge is 0.479 e. The van der Waals surface area contributed by atoms with Gasteiger partial charge in [0.25, 0.3) is 11.8 Å². The molecule has 1 aliphatic rings. The Bertz CT molecular complexity index is 864. The van der Waals surface area contributed by atoms with E-state index in [0.717, 1.165) is 30.8 Å². The van der Waals surface area contributed by atoms with Crippen molar-refractivity contribution in [3.8, 4) is 5.88 Å². The van der Waals surface area contributed by atoms with Crippen LogP contribution in [0.4, 0.5) is 0 Å². The molecule has 2 aromatic rings. The first kappa shape index (κ1) is 20.9. The molecule has 0 bridgehead atoms. The van der Waals surface area contributed by atoms with Crippen molar-refractivity contribution < 1.29 is 14.3 Å². The fourth-order valence-electron chi connectivity index (χ4n) is 3.65. The molecular weight excluding hydrogens is 370 g/mol. The number of amides is 2. The van der Waals surface area contributed by atoms with Crippen LogP contribution in [0.2, 0.25) is 0 Å². The number of ether oxygens (including phenoxy) is 1. The average molecular weight is 399 g/mol. The van der Waals surface area contributed by atoms with Gasteiger partial charge in [-0.1, -0.05) is 17.2 Å². The lowest BCUT2D eigenvalue weighted by Gasteiger charge is -2.34. The maximum atomic E-state index is 12.7. The summed E-state index contributed by atoms with van der Waals surface area (Å²) in [5.41, 5.74) is 3.36. The summed E-state index contributed by atoms with van der Waals surface area (Å²) in [5, 5.41) is 7.14. The summed E-state index contributed by atoms with van der Waals surface area (Å²) in [5.74, 6) is 0.251. The minimum absolute atomic E-state index is 0.0470. The Hall–Kier alpha value is -2.87. The van der Waals surface area contributed by atoms with Crippen LogP contribution in [-0.4, -0.2) is 77.8 Å². The van der Waals surface area contributed by atoms with E-state index in [1.54, 1.807) is 17.9 Å². The molecule has 0 unspecified atom stereocenters. The molecule has 3 rings (SSSR count). The predicted octanol–water partition coefficient (Wildman–Crippen LogP) is 1.23. The average Bonchev–Trinajstić information content (AvgIpc) is 3.08. The molecule has 1 aliphatic heterocycles. The minimum atomic E-state index is -0.0577. The van der Waals surface area contributed by atoms with E-state index in [9.17, 15) is 9.59 Å². The monoisotopic (exact) mass is 399 g/mol. The zero-order valence-corrected chi connectivity index (χ0v) is 17.6. The molecule has 0 saturated carbocycles. The molecule has 0 aliphatic carbocycles. The van der Waals surface area contributed by atoms with Gasteiger partial charge in [0, 0.05) is 58.1 Å². The van der Waals surface area contributed by atoms with Crippen LogP contribution in [0.1, 0.15) is 31.8 Å². The van der Waals surface area contributed by atoms with Gasteiger partial charge in [0.2, 0.25) is 5.88 Å². The highest BCUT2D eigenvalue weighted by Crippen LogP contribution is 2.18.